The summed E-state index contributed by atoms with van der Waals surface area (Å²) in [5.41, 5.74) is 0. The van der Waals surface area contributed by atoms with Gasteiger partial charge in [0, 0.05) is 24.6 Å². The summed E-state index contributed by atoms with van der Waals surface area (Å²) in [5.74, 6) is -1.32. The molecule has 0 bridgehead atoms. The number of carbonyl (C=O) groups excluding carboxylic acids is 1. The minimum atomic E-state index is -1.12. The van der Waals surface area contributed by atoms with Crippen molar-refractivity contribution in [3.05, 3.63) is 27.7 Å². The SMILES string of the molecule is COCCC(NC(=O)COc1ccc(Br)cc1Cl)C(=O)O. The van der Waals surface area contributed by atoms with E-state index in [0.717, 1.165) is 4.47 Å². The monoisotopic (exact) mass is 379 g/mol. The van der Waals surface area contributed by atoms with Crippen molar-refractivity contribution in [2.75, 3.05) is 20.3 Å². The third-order valence-electron chi connectivity index (χ3n) is 2.50. The Morgan fingerprint density at radius 2 is 2.19 bits per heavy atom. The smallest absolute Gasteiger partial charge is 0.326 e. The lowest BCUT2D eigenvalue weighted by molar-refractivity contribution is -0.142. The molecule has 0 aliphatic heterocycles. The number of ether oxygens (including phenoxy) is 2. The average molecular weight is 381 g/mol. The Hall–Kier alpha value is -1.31. The van der Waals surface area contributed by atoms with Crippen molar-refractivity contribution in [3.8, 4) is 5.75 Å². The standard InChI is InChI=1S/C13H15BrClNO5/c1-20-5-4-10(13(18)19)16-12(17)7-21-11-3-2-8(14)6-9(11)15/h2-3,6,10H,4-5,7H2,1H3,(H,16,17)(H,18,19). The molecule has 0 radical (unpaired) electrons. The van der Waals surface area contributed by atoms with Gasteiger partial charge in [0.05, 0.1) is 5.02 Å². The summed E-state index contributed by atoms with van der Waals surface area (Å²) in [6.07, 6.45) is 0.177. The van der Waals surface area contributed by atoms with Crippen LogP contribution in [0.25, 0.3) is 0 Å². The number of carboxylic acid groups (broad SMARTS) is 1. The van der Waals surface area contributed by atoms with Crippen LogP contribution in [0.3, 0.4) is 0 Å². The van der Waals surface area contributed by atoms with Crippen molar-refractivity contribution in [2.24, 2.45) is 0 Å². The van der Waals surface area contributed by atoms with E-state index in [1.165, 1.54) is 7.11 Å². The highest BCUT2D eigenvalue weighted by atomic mass is 79.9. The Labute approximate surface area is 135 Å². The number of hydrogen-bond donors (Lipinski definition) is 2. The van der Waals surface area contributed by atoms with Crippen LogP contribution in [0.1, 0.15) is 6.42 Å². The molecule has 116 valence electrons. The Morgan fingerprint density at radius 1 is 1.48 bits per heavy atom. The van der Waals surface area contributed by atoms with Crippen LogP contribution >= 0.6 is 27.5 Å². The number of hydrogen-bond acceptors (Lipinski definition) is 4. The van der Waals surface area contributed by atoms with E-state index in [1.54, 1.807) is 18.2 Å². The molecule has 21 heavy (non-hydrogen) atoms. The van der Waals surface area contributed by atoms with Crippen molar-refractivity contribution in [2.45, 2.75) is 12.5 Å². The molecule has 0 heterocycles. The highest BCUT2D eigenvalue weighted by Crippen LogP contribution is 2.27. The number of amides is 1. The Bertz CT molecular complexity index is 511. The maximum absolute atomic E-state index is 11.7. The molecular formula is C13H15BrClNO5. The number of nitrogens with one attached hydrogen (secondary N) is 1. The Morgan fingerprint density at radius 3 is 2.76 bits per heavy atom. The predicted octanol–water partition coefficient (Wildman–Crippen LogP) is 2.09. The molecule has 1 atom stereocenters. The van der Waals surface area contributed by atoms with Crippen LogP contribution in [0.15, 0.2) is 22.7 Å². The lowest BCUT2D eigenvalue weighted by Crippen LogP contribution is -2.43. The van der Waals surface area contributed by atoms with Crippen LogP contribution in [0, 0.1) is 0 Å². The highest BCUT2D eigenvalue weighted by Gasteiger charge is 2.19. The molecule has 0 aliphatic carbocycles. The van der Waals surface area contributed by atoms with Gasteiger partial charge in [0.25, 0.3) is 5.91 Å². The summed E-state index contributed by atoms with van der Waals surface area (Å²) in [4.78, 5) is 22.6. The van der Waals surface area contributed by atoms with Crippen molar-refractivity contribution in [1.29, 1.82) is 0 Å². The van der Waals surface area contributed by atoms with E-state index in [4.69, 9.17) is 26.2 Å². The largest absolute Gasteiger partial charge is 0.482 e. The molecule has 1 aromatic rings. The van der Waals surface area contributed by atoms with Crippen LogP contribution in [0.4, 0.5) is 0 Å². The maximum Gasteiger partial charge on any atom is 0.326 e. The second-order valence-electron chi connectivity index (χ2n) is 4.10. The van der Waals surface area contributed by atoms with E-state index in [-0.39, 0.29) is 19.6 Å². The first-order chi connectivity index (χ1) is 9.93. The van der Waals surface area contributed by atoms with Gasteiger partial charge < -0.3 is 19.9 Å². The van der Waals surface area contributed by atoms with Gasteiger partial charge in [0.1, 0.15) is 11.8 Å². The second-order valence-corrected chi connectivity index (χ2v) is 5.43. The quantitative estimate of drug-likeness (QED) is 0.721. The van der Waals surface area contributed by atoms with Crippen molar-refractivity contribution >= 4 is 39.4 Å². The van der Waals surface area contributed by atoms with Gasteiger partial charge >= 0.3 is 5.97 Å². The molecule has 0 saturated carbocycles. The Kier molecular flexibility index (Phi) is 7.49. The summed E-state index contributed by atoms with van der Waals surface area (Å²) >= 11 is 9.19. The van der Waals surface area contributed by atoms with Gasteiger partial charge in [0.2, 0.25) is 0 Å². The van der Waals surface area contributed by atoms with E-state index in [2.05, 4.69) is 21.2 Å². The summed E-state index contributed by atoms with van der Waals surface area (Å²) in [5, 5.41) is 11.7. The van der Waals surface area contributed by atoms with Gasteiger partial charge in [-0.3, -0.25) is 4.79 Å². The zero-order chi connectivity index (χ0) is 15.8. The van der Waals surface area contributed by atoms with Crippen molar-refractivity contribution < 1.29 is 24.2 Å². The highest BCUT2D eigenvalue weighted by molar-refractivity contribution is 9.10. The van der Waals surface area contributed by atoms with E-state index < -0.39 is 17.9 Å². The average Bonchev–Trinajstić information content (AvgIpc) is 2.42. The van der Waals surface area contributed by atoms with Crippen LogP contribution in [-0.2, 0) is 14.3 Å². The molecular weight excluding hydrogens is 366 g/mol. The van der Waals surface area contributed by atoms with Gasteiger partial charge in [-0.25, -0.2) is 4.79 Å². The molecule has 0 aromatic heterocycles. The molecule has 0 spiro atoms. The van der Waals surface area contributed by atoms with Crippen LogP contribution < -0.4 is 10.1 Å². The number of halogens is 2. The molecule has 6 nitrogen and oxygen atoms in total. The van der Waals surface area contributed by atoms with E-state index >= 15 is 0 Å². The first kappa shape index (κ1) is 17.7. The molecule has 8 heteroatoms. The van der Waals surface area contributed by atoms with Gasteiger partial charge in [0.15, 0.2) is 6.61 Å². The summed E-state index contributed by atoms with van der Waals surface area (Å²) in [7, 11) is 1.46. The first-order valence-electron chi connectivity index (χ1n) is 6.03. The minimum Gasteiger partial charge on any atom is -0.482 e. The molecule has 1 rings (SSSR count). The fraction of sp³-hybridized carbons (Fsp3) is 0.385. The fourth-order valence-electron chi connectivity index (χ4n) is 1.46. The summed E-state index contributed by atoms with van der Waals surface area (Å²) in [6.45, 7) is -0.0885. The number of carboxylic acids is 1. The molecule has 1 amide bonds. The number of carbonyl (C=O) groups is 2. The minimum absolute atomic E-state index is 0.177. The van der Waals surface area contributed by atoms with Crippen LogP contribution in [-0.4, -0.2) is 43.3 Å². The van der Waals surface area contributed by atoms with Crippen LogP contribution in [0.2, 0.25) is 5.02 Å². The lowest BCUT2D eigenvalue weighted by Gasteiger charge is -2.14. The number of rotatable bonds is 8. The molecule has 2 N–H and O–H groups in total. The lowest BCUT2D eigenvalue weighted by atomic mass is 10.2. The zero-order valence-electron chi connectivity index (χ0n) is 11.3. The molecule has 1 aromatic carbocycles. The van der Waals surface area contributed by atoms with E-state index in [9.17, 15) is 9.59 Å². The topological polar surface area (TPSA) is 84.9 Å². The first-order valence-corrected chi connectivity index (χ1v) is 7.20. The van der Waals surface area contributed by atoms with Crippen molar-refractivity contribution in [1.82, 2.24) is 5.32 Å². The number of benzene rings is 1. The molecule has 0 aliphatic rings. The predicted molar refractivity (Wildman–Crippen MR) is 80.7 cm³/mol. The number of methoxy groups -OCH3 is 1. The van der Waals surface area contributed by atoms with Gasteiger partial charge in [-0.1, -0.05) is 27.5 Å². The second kappa shape index (κ2) is 8.86. The molecule has 0 saturated heterocycles. The van der Waals surface area contributed by atoms with Crippen molar-refractivity contribution in [3.63, 3.8) is 0 Å². The van der Waals surface area contributed by atoms with E-state index in [0.29, 0.717) is 10.8 Å². The molecule has 0 fully saturated rings. The fourth-order valence-corrected chi connectivity index (χ4v) is 2.19. The van der Waals surface area contributed by atoms with Gasteiger partial charge in [-0.15, -0.1) is 0 Å². The normalized spacial score (nSPS) is 11.8. The van der Waals surface area contributed by atoms with Gasteiger partial charge in [-0.05, 0) is 18.2 Å². The number of aliphatic carboxylic acids is 1. The van der Waals surface area contributed by atoms with Gasteiger partial charge in [-0.2, -0.15) is 0 Å². The third kappa shape index (κ3) is 6.33. The zero-order valence-corrected chi connectivity index (χ0v) is 13.6. The maximum atomic E-state index is 11.7. The van der Waals surface area contributed by atoms with E-state index in [1.807, 2.05) is 0 Å². The molecule has 1 unspecified atom stereocenters. The summed E-state index contributed by atoms with van der Waals surface area (Å²) in [6, 6.07) is 3.95. The summed E-state index contributed by atoms with van der Waals surface area (Å²) < 4.78 is 10.8. The Balaban J connectivity index is 2.50. The third-order valence-corrected chi connectivity index (χ3v) is 3.29. The van der Waals surface area contributed by atoms with Crippen LogP contribution in [0.5, 0.6) is 5.75 Å².